The minimum Gasteiger partial charge on any atom is -0.488 e. The highest BCUT2D eigenvalue weighted by atomic mass is 16.5. The molecule has 0 spiro atoms. The number of hydrogen-bond acceptors (Lipinski definition) is 5. The summed E-state index contributed by atoms with van der Waals surface area (Å²) in [4.78, 5) is 11.7. The fourth-order valence-corrected chi connectivity index (χ4v) is 3.51. The van der Waals surface area contributed by atoms with Crippen LogP contribution in [0.4, 0.5) is 5.82 Å². The summed E-state index contributed by atoms with van der Waals surface area (Å²) in [5, 5.41) is 3.37. The van der Waals surface area contributed by atoms with Crippen LogP contribution >= 0.6 is 0 Å². The molecular formula is C20H21N5O. The molecule has 1 fully saturated rings. The highest BCUT2D eigenvalue weighted by Crippen LogP contribution is 2.32. The molecule has 0 unspecified atom stereocenters. The van der Waals surface area contributed by atoms with E-state index in [-0.39, 0.29) is 0 Å². The monoisotopic (exact) mass is 347 g/mol. The van der Waals surface area contributed by atoms with Gasteiger partial charge in [0.05, 0.1) is 5.69 Å². The van der Waals surface area contributed by atoms with Crippen LogP contribution in [0.5, 0.6) is 5.75 Å². The summed E-state index contributed by atoms with van der Waals surface area (Å²) in [6.45, 7) is 6.56. The molecule has 5 heterocycles. The Morgan fingerprint density at radius 2 is 2.08 bits per heavy atom. The van der Waals surface area contributed by atoms with Gasteiger partial charge in [-0.05, 0) is 30.7 Å². The maximum atomic E-state index is 6.04. The number of rotatable bonds is 2. The molecule has 6 nitrogen and oxygen atoms in total. The van der Waals surface area contributed by atoms with Crippen LogP contribution < -0.4 is 15.0 Å². The Kier molecular flexibility index (Phi) is 3.64. The standard InChI is InChI=1S/C20H21N5O/c1-14-2-5-25-12-17(23-20(25)8-14)16-9-15-11-22-19(10-18(15)26-13-16)24-6-3-21-4-7-24/h2,5,8-12,21H,3-4,6-7,13H2,1H3. The Balaban J connectivity index is 1.46. The largest absolute Gasteiger partial charge is 0.488 e. The first-order valence-corrected chi connectivity index (χ1v) is 9.01. The van der Waals surface area contributed by atoms with Gasteiger partial charge in [-0.3, -0.25) is 0 Å². The van der Waals surface area contributed by atoms with E-state index < -0.39 is 0 Å². The lowest BCUT2D eigenvalue weighted by atomic mass is 10.1. The number of aryl methyl sites for hydroxylation is 1. The molecule has 0 saturated carbocycles. The van der Waals surface area contributed by atoms with Crippen LogP contribution in [0.15, 0.2) is 36.8 Å². The second-order valence-electron chi connectivity index (χ2n) is 6.87. The van der Waals surface area contributed by atoms with E-state index in [0.717, 1.165) is 60.2 Å². The van der Waals surface area contributed by atoms with Gasteiger partial charge in [-0.1, -0.05) is 0 Å². The Morgan fingerprint density at radius 1 is 1.19 bits per heavy atom. The van der Waals surface area contributed by atoms with Gasteiger partial charge in [-0.2, -0.15) is 0 Å². The SMILES string of the molecule is Cc1ccn2cc(C3=Cc4cnc(N5CCNCC5)cc4OC3)nc2c1. The number of imidazole rings is 1. The fourth-order valence-electron chi connectivity index (χ4n) is 3.51. The fraction of sp³-hybridized carbons (Fsp3) is 0.300. The molecule has 0 aliphatic carbocycles. The zero-order valence-corrected chi connectivity index (χ0v) is 14.8. The molecule has 0 bridgehead atoms. The first-order valence-electron chi connectivity index (χ1n) is 9.01. The van der Waals surface area contributed by atoms with Crippen molar-refractivity contribution in [2.45, 2.75) is 6.92 Å². The molecule has 1 N–H and O–H groups in total. The number of nitrogens with zero attached hydrogens (tertiary/aromatic N) is 4. The quantitative estimate of drug-likeness (QED) is 0.771. The third-order valence-corrected chi connectivity index (χ3v) is 4.98. The lowest BCUT2D eigenvalue weighted by Gasteiger charge is -2.29. The average molecular weight is 347 g/mol. The Bertz CT molecular complexity index is 1000. The summed E-state index contributed by atoms with van der Waals surface area (Å²) in [5.41, 5.74) is 5.21. The van der Waals surface area contributed by atoms with E-state index in [2.05, 4.69) is 52.6 Å². The molecule has 5 rings (SSSR count). The molecule has 26 heavy (non-hydrogen) atoms. The molecule has 6 heteroatoms. The van der Waals surface area contributed by atoms with Crippen LogP contribution in [0.2, 0.25) is 0 Å². The van der Waals surface area contributed by atoms with E-state index in [4.69, 9.17) is 9.72 Å². The Hall–Kier alpha value is -2.86. The zero-order valence-electron chi connectivity index (χ0n) is 14.8. The first-order chi connectivity index (χ1) is 12.8. The zero-order chi connectivity index (χ0) is 17.5. The van der Waals surface area contributed by atoms with Crippen molar-refractivity contribution >= 4 is 23.1 Å². The van der Waals surface area contributed by atoms with Gasteiger partial charge in [0, 0.05) is 62.0 Å². The topological polar surface area (TPSA) is 54.7 Å². The summed E-state index contributed by atoms with van der Waals surface area (Å²) in [5.74, 6) is 1.89. The molecule has 0 atom stereocenters. The van der Waals surface area contributed by atoms with Gasteiger partial charge in [0.25, 0.3) is 0 Å². The van der Waals surface area contributed by atoms with Crippen molar-refractivity contribution in [1.82, 2.24) is 19.7 Å². The smallest absolute Gasteiger partial charge is 0.137 e. The maximum absolute atomic E-state index is 6.04. The van der Waals surface area contributed by atoms with Crippen molar-refractivity contribution < 1.29 is 4.74 Å². The van der Waals surface area contributed by atoms with Gasteiger partial charge >= 0.3 is 0 Å². The molecule has 1 saturated heterocycles. The van der Waals surface area contributed by atoms with Crippen LogP contribution in [0, 0.1) is 6.92 Å². The van der Waals surface area contributed by atoms with Crippen molar-refractivity contribution in [3.05, 3.63) is 53.6 Å². The minimum absolute atomic E-state index is 0.529. The van der Waals surface area contributed by atoms with Gasteiger partial charge in [0.15, 0.2) is 0 Å². The van der Waals surface area contributed by atoms with Crippen LogP contribution in [-0.4, -0.2) is 47.2 Å². The number of pyridine rings is 2. The lowest BCUT2D eigenvalue weighted by molar-refractivity contribution is 0.365. The van der Waals surface area contributed by atoms with E-state index in [1.54, 1.807) is 0 Å². The highest BCUT2D eigenvalue weighted by Gasteiger charge is 2.19. The van der Waals surface area contributed by atoms with Gasteiger partial charge in [0.2, 0.25) is 0 Å². The molecule has 2 aliphatic heterocycles. The number of anilines is 1. The average Bonchev–Trinajstić information content (AvgIpc) is 3.11. The Morgan fingerprint density at radius 3 is 2.96 bits per heavy atom. The lowest BCUT2D eigenvalue weighted by Crippen LogP contribution is -2.43. The van der Waals surface area contributed by atoms with Gasteiger partial charge < -0.3 is 19.4 Å². The maximum Gasteiger partial charge on any atom is 0.137 e. The first kappa shape index (κ1) is 15.4. The molecular weight excluding hydrogens is 326 g/mol. The number of aromatic nitrogens is 3. The summed E-state index contributed by atoms with van der Waals surface area (Å²) >= 11 is 0. The molecule has 0 amide bonds. The molecule has 2 aliphatic rings. The number of fused-ring (bicyclic) bond motifs is 2. The second kappa shape index (κ2) is 6.14. The van der Waals surface area contributed by atoms with Crippen LogP contribution in [-0.2, 0) is 0 Å². The van der Waals surface area contributed by atoms with E-state index in [1.165, 1.54) is 5.56 Å². The summed E-state index contributed by atoms with van der Waals surface area (Å²) in [6, 6.07) is 6.23. The third kappa shape index (κ3) is 2.72. The van der Waals surface area contributed by atoms with Crippen molar-refractivity contribution in [3.63, 3.8) is 0 Å². The van der Waals surface area contributed by atoms with Gasteiger partial charge in [-0.25, -0.2) is 9.97 Å². The van der Waals surface area contributed by atoms with Crippen LogP contribution in [0.3, 0.4) is 0 Å². The molecule has 0 radical (unpaired) electrons. The van der Waals surface area contributed by atoms with E-state index >= 15 is 0 Å². The minimum atomic E-state index is 0.529. The molecule has 132 valence electrons. The van der Waals surface area contributed by atoms with Crippen LogP contribution in [0.1, 0.15) is 16.8 Å². The van der Waals surface area contributed by atoms with Crippen LogP contribution in [0.25, 0.3) is 17.3 Å². The molecule has 3 aromatic rings. The van der Waals surface area contributed by atoms with Crippen molar-refractivity contribution in [2.24, 2.45) is 0 Å². The normalized spacial score (nSPS) is 17.0. The van der Waals surface area contributed by atoms with Gasteiger partial charge in [0.1, 0.15) is 23.8 Å². The second-order valence-corrected chi connectivity index (χ2v) is 6.87. The van der Waals surface area contributed by atoms with Gasteiger partial charge in [-0.15, -0.1) is 0 Å². The summed E-state index contributed by atoms with van der Waals surface area (Å²) in [6.07, 6.45) is 8.14. The predicted octanol–water partition coefficient (Wildman–Crippen LogP) is 2.38. The number of ether oxygens (including phenoxy) is 1. The number of nitrogens with one attached hydrogen (secondary N) is 1. The number of hydrogen-bond donors (Lipinski definition) is 1. The number of piperazine rings is 1. The summed E-state index contributed by atoms with van der Waals surface area (Å²) in [7, 11) is 0. The predicted molar refractivity (Wildman–Crippen MR) is 103 cm³/mol. The van der Waals surface area contributed by atoms with E-state index in [0.29, 0.717) is 6.61 Å². The molecule has 0 aromatic carbocycles. The van der Waals surface area contributed by atoms with E-state index in [1.807, 2.05) is 16.8 Å². The van der Waals surface area contributed by atoms with Crippen molar-refractivity contribution in [2.75, 3.05) is 37.7 Å². The van der Waals surface area contributed by atoms with Crippen molar-refractivity contribution in [3.8, 4) is 5.75 Å². The Labute approximate surface area is 152 Å². The third-order valence-electron chi connectivity index (χ3n) is 4.98. The summed E-state index contributed by atoms with van der Waals surface area (Å²) < 4.78 is 8.09. The molecule has 3 aromatic heterocycles. The highest BCUT2D eigenvalue weighted by molar-refractivity contribution is 5.85. The van der Waals surface area contributed by atoms with Crippen molar-refractivity contribution in [1.29, 1.82) is 0 Å². The van der Waals surface area contributed by atoms with E-state index in [9.17, 15) is 0 Å².